The summed E-state index contributed by atoms with van der Waals surface area (Å²) in [5.74, 6) is -3.00. The predicted octanol–water partition coefficient (Wildman–Crippen LogP) is 2.21. The summed E-state index contributed by atoms with van der Waals surface area (Å²) < 4.78 is 32.8. The van der Waals surface area contributed by atoms with Gasteiger partial charge in [-0.3, -0.25) is 4.79 Å². The Balaban J connectivity index is 3.12. The molecule has 0 saturated carbocycles. The molecule has 0 heterocycles. The molecule has 0 unspecified atom stereocenters. The summed E-state index contributed by atoms with van der Waals surface area (Å²) in [6.07, 6.45) is 0. The van der Waals surface area contributed by atoms with Crippen molar-refractivity contribution in [1.82, 2.24) is 4.90 Å². The van der Waals surface area contributed by atoms with Crippen LogP contribution in [0, 0.1) is 11.6 Å². The molecule has 0 spiro atoms. The highest BCUT2D eigenvalue weighted by Crippen LogP contribution is 2.24. The van der Waals surface area contributed by atoms with Gasteiger partial charge in [-0.25, -0.2) is 8.78 Å². The van der Waals surface area contributed by atoms with Gasteiger partial charge in [0.2, 0.25) is 0 Å². The number of ether oxygens (including phenoxy) is 1. The smallest absolute Gasteiger partial charge is 0.259 e. The second-order valence-electron chi connectivity index (χ2n) is 5.14. The van der Waals surface area contributed by atoms with Gasteiger partial charge in [0.1, 0.15) is 11.4 Å². The maximum atomic E-state index is 14.1. The van der Waals surface area contributed by atoms with E-state index in [9.17, 15) is 18.7 Å². The van der Waals surface area contributed by atoms with Gasteiger partial charge in [-0.05, 0) is 32.9 Å². The highest BCUT2D eigenvalue weighted by Gasteiger charge is 2.27. The zero-order valence-corrected chi connectivity index (χ0v) is 12.0. The quantitative estimate of drug-likeness (QED) is 0.903. The van der Waals surface area contributed by atoms with Gasteiger partial charge in [0.25, 0.3) is 5.91 Å². The molecule has 0 fully saturated rings. The van der Waals surface area contributed by atoms with Crippen LogP contribution in [0.25, 0.3) is 0 Å². The summed E-state index contributed by atoms with van der Waals surface area (Å²) in [5.41, 5.74) is -1.84. The minimum atomic E-state index is -1.16. The van der Waals surface area contributed by atoms with E-state index < -0.39 is 28.7 Å². The van der Waals surface area contributed by atoms with Crippen LogP contribution < -0.4 is 4.74 Å². The summed E-state index contributed by atoms with van der Waals surface area (Å²) in [7, 11) is 1.37. The maximum Gasteiger partial charge on any atom is 0.259 e. The number of rotatable bonds is 5. The Morgan fingerprint density at radius 3 is 2.50 bits per heavy atom. The number of aliphatic hydroxyl groups is 1. The molecule has 6 heteroatoms. The zero-order chi connectivity index (χ0) is 15.5. The number of carbonyl (C=O) groups excluding carboxylic acids is 1. The van der Waals surface area contributed by atoms with E-state index in [0.717, 1.165) is 17.0 Å². The highest BCUT2D eigenvalue weighted by atomic mass is 19.1. The average Bonchev–Trinajstić information content (AvgIpc) is 2.31. The molecule has 0 aliphatic rings. The van der Waals surface area contributed by atoms with Crippen molar-refractivity contribution in [3.8, 4) is 5.75 Å². The highest BCUT2D eigenvalue weighted by molar-refractivity contribution is 5.95. The summed E-state index contributed by atoms with van der Waals surface area (Å²) in [6.45, 7) is 4.81. The van der Waals surface area contributed by atoms with Crippen molar-refractivity contribution in [3.05, 3.63) is 29.3 Å². The number of likely N-dealkylation sites (N-methyl/N-ethyl adjacent to an activating group) is 1. The van der Waals surface area contributed by atoms with Gasteiger partial charge >= 0.3 is 0 Å². The first-order valence-electron chi connectivity index (χ1n) is 6.26. The van der Waals surface area contributed by atoms with E-state index in [4.69, 9.17) is 4.74 Å². The fraction of sp³-hybridized carbons (Fsp3) is 0.500. The number of hydrogen-bond acceptors (Lipinski definition) is 3. The Hall–Kier alpha value is -1.69. The molecule has 1 N–H and O–H groups in total. The lowest BCUT2D eigenvalue weighted by molar-refractivity contribution is 0.0362. The minimum Gasteiger partial charge on any atom is -0.491 e. The molecule has 1 rings (SSSR count). The van der Waals surface area contributed by atoms with Crippen LogP contribution in [0.3, 0.4) is 0 Å². The summed E-state index contributed by atoms with van der Waals surface area (Å²) in [4.78, 5) is 13.2. The van der Waals surface area contributed by atoms with Crippen LogP contribution in [0.4, 0.5) is 8.78 Å². The molecule has 1 amide bonds. The van der Waals surface area contributed by atoms with Crippen molar-refractivity contribution >= 4 is 5.91 Å². The van der Waals surface area contributed by atoms with E-state index in [2.05, 4.69) is 0 Å². The zero-order valence-electron chi connectivity index (χ0n) is 12.0. The van der Waals surface area contributed by atoms with Gasteiger partial charge < -0.3 is 14.7 Å². The molecule has 112 valence electrons. The summed E-state index contributed by atoms with van der Waals surface area (Å²) >= 11 is 0. The molecule has 0 aromatic heterocycles. The van der Waals surface area contributed by atoms with Crippen molar-refractivity contribution in [1.29, 1.82) is 0 Å². The third kappa shape index (κ3) is 3.90. The van der Waals surface area contributed by atoms with E-state index in [1.54, 1.807) is 6.92 Å². The van der Waals surface area contributed by atoms with Gasteiger partial charge in [0, 0.05) is 13.6 Å². The van der Waals surface area contributed by atoms with Crippen LogP contribution in [-0.2, 0) is 0 Å². The SMILES string of the molecule is CCOc1ccc(F)c(C(=O)N(C)CC(C)(C)O)c1F. The first-order chi connectivity index (χ1) is 9.17. The second-order valence-corrected chi connectivity index (χ2v) is 5.14. The summed E-state index contributed by atoms with van der Waals surface area (Å²) in [5, 5.41) is 9.66. The van der Waals surface area contributed by atoms with Gasteiger partial charge in [0.15, 0.2) is 11.6 Å². The number of hydrogen-bond donors (Lipinski definition) is 1. The van der Waals surface area contributed by atoms with Crippen LogP contribution in [0.15, 0.2) is 12.1 Å². The molecular formula is C14H19F2NO3. The lowest BCUT2D eigenvalue weighted by Crippen LogP contribution is -2.40. The standard InChI is InChI=1S/C14H19F2NO3/c1-5-20-10-7-6-9(15)11(12(10)16)13(18)17(4)8-14(2,3)19/h6-7,19H,5,8H2,1-4H3. The van der Waals surface area contributed by atoms with Crippen molar-refractivity contribution in [2.24, 2.45) is 0 Å². The van der Waals surface area contributed by atoms with Crippen molar-refractivity contribution in [3.63, 3.8) is 0 Å². The predicted molar refractivity (Wildman–Crippen MR) is 70.8 cm³/mol. The molecule has 4 nitrogen and oxygen atoms in total. The van der Waals surface area contributed by atoms with Crippen LogP contribution in [-0.4, -0.2) is 41.7 Å². The van der Waals surface area contributed by atoms with Crippen LogP contribution in [0.1, 0.15) is 31.1 Å². The third-order valence-electron chi connectivity index (χ3n) is 2.54. The second kappa shape index (κ2) is 6.17. The molecule has 0 aliphatic heterocycles. The molecule has 0 bridgehead atoms. The average molecular weight is 287 g/mol. The number of nitrogens with zero attached hydrogens (tertiary/aromatic N) is 1. The third-order valence-corrected chi connectivity index (χ3v) is 2.54. The van der Waals surface area contributed by atoms with Gasteiger partial charge in [-0.1, -0.05) is 0 Å². The Morgan fingerprint density at radius 2 is 2.00 bits per heavy atom. The van der Waals surface area contributed by atoms with Crippen molar-refractivity contribution in [2.45, 2.75) is 26.4 Å². The van der Waals surface area contributed by atoms with Crippen LogP contribution in [0.2, 0.25) is 0 Å². The Morgan fingerprint density at radius 1 is 1.40 bits per heavy atom. The van der Waals surface area contributed by atoms with E-state index in [1.807, 2.05) is 0 Å². The number of carbonyl (C=O) groups is 1. The van der Waals surface area contributed by atoms with E-state index in [0.29, 0.717) is 0 Å². The van der Waals surface area contributed by atoms with Crippen LogP contribution in [0.5, 0.6) is 5.75 Å². The number of benzene rings is 1. The summed E-state index contributed by atoms with van der Waals surface area (Å²) in [6, 6.07) is 2.13. The van der Waals surface area contributed by atoms with Crippen LogP contribution >= 0.6 is 0 Å². The molecule has 0 aliphatic carbocycles. The minimum absolute atomic E-state index is 0.0520. The lowest BCUT2D eigenvalue weighted by atomic mass is 10.1. The first-order valence-corrected chi connectivity index (χ1v) is 6.26. The van der Waals surface area contributed by atoms with Gasteiger partial charge in [-0.15, -0.1) is 0 Å². The Bertz CT molecular complexity index is 498. The van der Waals surface area contributed by atoms with Crippen molar-refractivity contribution in [2.75, 3.05) is 20.2 Å². The molecular weight excluding hydrogens is 268 g/mol. The molecule has 0 radical (unpaired) electrons. The topological polar surface area (TPSA) is 49.8 Å². The van der Waals surface area contributed by atoms with E-state index >= 15 is 0 Å². The largest absolute Gasteiger partial charge is 0.491 e. The van der Waals surface area contributed by atoms with E-state index in [1.165, 1.54) is 20.9 Å². The Kier molecular flexibility index (Phi) is 5.05. The van der Waals surface area contributed by atoms with E-state index in [-0.39, 0.29) is 18.9 Å². The normalized spacial score (nSPS) is 11.3. The lowest BCUT2D eigenvalue weighted by Gasteiger charge is -2.26. The fourth-order valence-corrected chi connectivity index (χ4v) is 1.84. The molecule has 0 atom stereocenters. The van der Waals surface area contributed by atoms with Gasteiger partial charge in [0.05, 0.1) is 12.2 Å². The van der Waals surface area contributed by atoms with Crippen molar-refractivity contribution < 1.29 is 23.4 Å². The monoisotopic (exact) mass is 287 g/mol. The number of amides is 1. The van der Waals surface area contributed by atoms with Gasteiger partial charge in [-0.2, -0.15) is 0 Å². The molecule has 0 saturated heterocycles. The maximum absolute atomic E-state index is 14.1. The molecule has 20 heavy (non-hydrogen) atoms. The first kappa shape index (κ1) is 16.4. The molecule has 1 aromatic rings. The molecule has 1 aromatic carbocycles. The number of halogens is 2. The Labute approximate surface area is 117 Å². The fourth-order valence-electron chi connectivity index (χ4n) is 1.84.